The number of rotatable bonds is 5. The zero-order chi connectivity index (χ0) is 21.9. The summed E-state index contributed by atoms with van der Waals surface area (Å²) < 4.78 is 57.0. The second-order valence-corrected chi connectivity index (χ2v) is 6.94. The molecule has 1 heterocycles. The molecule has 0 atom stereocenters. The van der Waals surface area contributed by atoms with E-state index in [9.17, 15) is 27.2 Å². The van der Waals surface area contributed by atoms with E-state index in [0.29, 0.717) is 5.69 Å². The number of alkyl halides is 3. The van der Waals surface area contributed by atoms with Gasteiger partial charge in [-0.3, -0.25) is 9.69 Å². The number of halogens is 4. The van der Waals surface area contributed by atoms with Gasteiger partial charge in [-0.1, -0.05) is 6.07 Å². The number of amides is 1. The third-order valence-corrected chi connectivity index (χ3v) is 4.78. The van der Waals surface area contributed by atoms with E-state index in [2.05, 4.69) is 4.98 Å². The largest absolute Gasteiger partial charge is 0.456 e. The van der Waals surface area contributed by atoms with Gasteiger partial charge in [0.05, 0.1) is 22.5 Å². The van der Waals surface area contributed by atoms with Crippen LogP contribution in [0.15, 0.2) is 53.9 Å². The molecular formula is C20H14F4N2O3S. The highest BCUT2D eigenvalue weighted by molar-refractivity contribution is 7.14. The Hall–Kier alpha value is -3.27. The van der Waals surface area contributed by atoms with Crippen LogP contribution in [0.4, 0.5) is 28.4 Å². The molecular weight excluding hydrogens is 424 g/mol. The Balaban J connectivity index is 1.76. The van der Waals surface area contributed by atoms with Crippen molar-refractivity contribution < 1.29 is 31.9 Å². The topological polar surface area (TPSA) is 59.5 Å². The highest BCUT2D eigenvalue weighted by atomic mass is 32.1. The molecule has 30 heavy (non-hydrogen) atoms. The first-order valence-electron chi connectivity index (χ1n) is 8.50. The lowest BCUT2D eigenvalue weighted by molar-refractivity contribution is -0.137. The first-order chi connectivity index (χ1) is 14.1. The predicted octanol–water partition coefficient (Wildman–Crippen LogP) is 5.34. The number of nitrogens with zero attached hydrogens (tertiary/aromatic N) is 2. The number of ether oxygens (including phenoxy) is 1. The van der Waals surface area contributed by atoms with Gasteiger partial charge in [0.1, 0.15) is 12.4 Å². The molecule has 156 valence electrons. The van der Waals surface area contributed by atoms with Crippen LogP contribution < -0.4 is 4.90 Å². The third kappa shape index (κ3) is 5.01. The summed E-state index contributed by atoms with van der Waals surface area (Å²) in [4.78, 5) is 29.3. The zero-order valence-corrected chi connectivity index (χ0v) is 16.3. The molecule has 0 fully saturated rings. The molecule has 0 N–H and O–H groups in total. The van der Waals surface area contributed by atoms with Gasteiger partial charge in [0, 0.05) is 12.3 Å². The van der Waals surface area contributed by atoms with Crippen LogP contribution in [-0.4, -0.2) is 16.9 Å². The molecule has 3 rings (SSSR count). The molecule has 0 spiro atoms. The Morgan fingerprint density at radius 3 is 2.47 bits per heavy atom. The second kappa shape index (κ2) is 8.62. The van der Waals surface area contributed by atoms with Gasteiger partial charge >= 0.3 is 12.1 Å². The van der Waals surface area contributed by atoms with Gasteiger partial charge < -0.3 is 4.74 Å². The lowest BCUT2D eigenvalue weighted by Crippen LogP contribution is -2.23. The summed E-state index contributed by atoms with van der Waals surface area (Å²) in [6.07, 6.45) is -4.55. The number of anilines is 2. The molecule has 0 aliphatic rings. The quantitative estimate of drug-likeness (QED) is 0.398. The summed E-state index contributed by atoms with van der Waals surface area (Å²) in [6.45, 7) is 0.983. The number of hydrogen-bond donors (Lipinski definition) is 0. The van der Waals surface area contributed by atoms with E-state index in [-0.39, 0.29) is 23.0 Å². The zero-order valence-electron chi connectivity index (χ0n) is 15.4. The molecule has 5 nitrogen and oxygen atoms in total. The van der Waals surface area contributed by atoms with Crippen LogP contribution in [0, 0.1) is 5.82 Å². The van der Waals surface area contributed by atoms with Gasteiger partial charge in [-0.15, -0.1) is 11.3 Å². The molecule has 10 heteroatoms. The number of benzene rings is 2. The summed E-state index contributed by atoms with van der Waals surface area (Å²) >= 11 is 1.02. The Morgan fingerprint density at radius 1 is 1.13 bits per heavy atom. The summed E-state index contributed by atoms with van der Waals surface area (Å²) in [5.41, 5.74) is -0.414. The van der Waals surface area contributed by atoms with Crippen LogP contribution in [0.25, 0.3) is 0 Å². The highest BCUT2D eigenvalue weighted by Crippen LogP contribution is 2.35. The maximum Gasteiger partial charge on any atom is 0.416 e. The van der Waals surface area contributed by atoms with Crippen LogP contribution in [0.3, 0.4) is 0 Å². The lowest BCUT2D eigenvalue weighted by Gasteiger charge is -2.19. The monoisotopic (exact) mass is 438 g/mol. The van der Waals surface area contributed by atoms with E-state index >= 15 is 0 Å². The van der Waals surface area contributed by atoms with Crippen molar-refractivity contribution in [1.82, 2.24) is 4.98 Å². The highest BCUT2D eigenvalue weighted by Gasteiger charge is 2.31. The smallest absolute Gasteiger partial charge is 0.416 e. The average Bonchev–Trinajstić information content (AvgIpc) is 3.14. The maximum atomic E-state index is 13.0. The van der Waals surface area contributed by atoms with E-state index in [1.165, 1.54) is 36.6 Å². The third-order valence-electron chi connectivity index (χ3n) is 3.91. The first kappa shape index (κ1) is 21.4. The second-order valence-electron chi connectivity index (χ2n) is 6.11. The van der Waals surface area contributed by atoms with Gasteiger partial charge in [0.2, 0.25) is 5.91 Å². The molecule has 2 aromatic carbocycles. The number of hydrogen-bond acceptors (Lipinski definition) is 5. The van der Waals surface area contributed by atoms with Gasteiger partial charge in [-0.25, -0.2) is 14.2 Å². The lowest BCUT2D eigenvalue weighted by atomic mass is 10.2. The van der Waals surface area contributed by atoms with Gasteiger partial charge in [0.25, 0.3) is 0 Å². The van der Waals surface area contributed by atoms with E-state index in [1.807, 2.05) is 0 Å². The van der Waals surface area contributed by atoms with Crippen LogP contribution >= 0.6 is 11.3 Å². The molecule has 0 bridgehead atoms. The molecule has 1 aromatic heterocycles. The fourth-order valence-electron chi connectivity index (χ4n) is 2.52. The van der Waals surface area contributed by atoms with Crippen molar-refractivity contribution in [2.45, 2.75) is 19.7 Å². The van der Waals surface area contributed by atoms with E-state index in [1.54, 1.807) is 0 Å². The van der Waals surface area contributed by atoms with E-state index in [0.717, 1.165) is 40.5 Å². The summed E-state index contributed by atoms with van der Waals surface area (Å²) in [6, 6.07) is 9.12. The van der Waals surface area contributed by atoms with E-state index < -0.39 is 29.4 Å². The Labute approximate surface area is 172 Å². The number of carbonyl (C=O) groups is 2. The van der Waals surface area contributed by atoms with Crippen molar-refractivity contribution in [3.8, 4) is 0 Å². The van der Waals surface area contributed by atoms with Crippen molar-refractivity contribution in [2.75, 3.05) is 4.90 Å². The standard InChI is InChI=1S/C20H14F4N2O3S/c1-12(27)26(17-4-2-3-14(9-17)20(22,23)24)19-25-16(11-30-19)10-29-18(28)13-5-7-15(21)8-6-13/h2-9,11H,10H2,1H3. The average molecular weight is 438 g/mol. The van der Waals surface area contributed by atoms with Crippen molar-refractivity contribution >= 4 is 34.0 Å². The van der Waals surface area contributed by atoms with Crippen LogP contribution in [0.1, 0.15) is 28.5 Å². The summed E-state index contributed by atoms with van der Waals surface area (Å²) in [7, 11) is 0. The molecule has 0 unspecified atom stereocenters. The molecule has 0 radical (unpaired) electrons. The number of aromatic nitrogens is 1. The fourth-order valence-corrected chi connectivity index (χ4v) is 3.39. The number of carbonyl (C=O) groups excluding carboxylic acids is 2. The van der Waals surface area contributed by atoms with Crippen LogP contribution in [0.5, 0.6) is 0 Å². The normalized spacial score (nSPS) is 11.2. The number of thiazole rings is 1. The first-order valence-corrected chi connectivity index (χ1v) is 9.38. The van der Waals surface area contributed by atoms with Crippen molar-refractivity contribution in [3.05, 3.63) is 76.5 Å². The molecule has 3 aromatic rings. The molecule has 0 aliphatic carbocycles. The van der Waals surface area contributed by atoms with Crippen LogP contribution in [-0.2, 0) is 22.3 Å². The number of esters is 1. The van der Waals surface area contributed by atoms with Crippen molar-refractivity contribution in [2.24, 2.45) is 0 Å². The van der Waals surface area contributed by atoms with Crippen molar-refractivity contribution in [1.29, 1.82) is 0 Å². The maximum absolute atomic E-state index is 13.0. The van der Waals surface area contributed by atoms with Crippen LogP contribution in [0.2, 0.25) is 0 Å². The summed E-state index contributed by atoms with van der Waals surface area (Å²) in [5, 5.41) is 1.66. The Morgan fingerprint density at radius 2 is 1.83 bits per heavy atom. The van der Waals surface area contributed by atoms with Crippen molar-refractivity contribution in [3.63, 3.8) is 0 Å². The predicted molar refractivity (Wildman–Crippen MR) is 102 cm³/mol. The molecule has 0 aliphatic heterocycles. The molecule has 0 saturated carbocycles. The SMILES string of the molecule is CC(=O)N(c1cccc(C(F)(F)F)c1)c1nc(COC(=O)c2ccc(F)cc2)cs1. The van der Waals surface area contributed by atoms with Gasteiger partial charge in [-0.2, -0.15) is 13.2 Å². The van der Waals surface area contributed by atoms with Gasteiger partial charge in [0.15, 0.2) is 5.13 Å². The van der Waals surface area contributed by atoms with Gasteiger partial charge in [-0.05, 0) is 42.5 Å². The minimum atomic E-state index is -4.55. The molecule has 0 saturated heterocycles. The minimum Gasteiger partial charge on any atom is -0.456 e. The summed E-state index contributed by atoms with van der Waals surface area (Å²) in [5.74, 6) is -1.71. The molecule has 1 amide bonds. The van der Waals surface area contributed by atoms with E-state index in [4.69, 9.17) is 4.74 Å². The Kier molecular flexibility index (Phi) is 6.16. The minimum absolute atomic E-state index is 0.0153. The fraction of sp³-hybridized carbons (Fsp3) is 0.150. The Bertz CT molecular complexity index is 1060.